The minimum Gasteiger partial charge on any atom is -0.481 e. The molecule has 1 rings (SSSR count). The second-order valence-corrected chi connectivity index (χ2v) is 4.62. The molecule has 6 heteroatoms. The molecule has 1 unspecified atom stereocenters. The van der Waals surface area contributed by atoms with E-state index >= 15 is 0 Å². The number of aromatic nitrogens is 1. The summed E-state index contributed by atoms with van der Waals surface area (Å²) in [6.45, 7) is 3.58. The number of rotatable bonds is 6. The maximum Gasteiger partial charge on any atom is 0.331 e. The Labute approximate surface area is 118 Å². The lowest BCUT2D eigenvalue weighted by atomic mass is 9.95. The van der Waals surface area contributed by atoms with Crippen LogP contribution >= 0.6 is 0 Å². The molecule has 6 nitrogen and oxygen atoms in total. The van der Waals surface area contributed by atoms with Crippen molar-refractivity contribution in [1.29, 1.82) is 0 Å². The Morgan fingerprint density at radius 3 is 2.50 bits per heavy atom. The van der Waals surface area contributed by atoms with E-state index in [9.17, 15) is 9.59 Å². The maximum absolute atomic E-state index is 12.2. The Morgan fingerprint density at radius 2 is 2.05 bits per heavy atom. The summed E-state index contributed by atoms with van der Waals surface area (Å²) in [7, 11) is 2.80. The zero-order valence-corrected chi connectivity index (χ0v) is 12.2. The molecular formula is C14H20N2O4. The summed E-state index contributed by atoms with van der Waals surface area (Å²) in [5.74, 6) is -0.415. The highest BCUT2D eigenvalue weighted by Gasteiger charge is 2.35. The van der Waals surface area contributed by atoms with Gasteiger partial charge in [-0.25, -0.2) is 9.78 Å². The van der Waals surface area contributed by atoms with Gasteiger partial charge in [0.15, 0.2) is 0 Å². The van der Waals surface area contributed by atoms with Crippen LogP contribution in [0.4, 0.5) is 0 Å². The molecule has 0 aromatic carbocycles. The van der Waals surface area contributed by atoms with E-state index in [0.29, 0.717) is 17.9 Å². The molecule has 0 fully saturated rings. The molecular weight excluding hydrogens is 260 g/mol. The van der Waals surface area contributed by atoms with Crippen LogP contribution in [0.25, 0.3) is 0 Å². The highest BCUT2D eigenvalue weighted by molar-refractivity contribution is 5.97. The van der Waals surface area contributed by atoms with E-state index in [1.165, 1.54) is 20.4 Å². The molecule has 0 saturated heterocycles. The molecule has 20 heavy (non-hydrogen) atoms. The number of amides is 1. The zero-order chi connectivity index (χ0) is 15.2. The van der Waals surface area contributed by atoms with Gasteiger partial charge in [-0.1, -0.05) is 13.3 Å². The van der Waals surface area contributed by atoms with Gasteiger partial charge in [0.25, 0.3) is 5.91 Å². The second-order valence-electron chi connectivity index (χ2n) is 4.62. The number of hydrogen-bond donors (Lipinski definition) is 1. The summed E-state index contributed by atoms with van der Waals surface area (Å²) in [6.07, 6.45) is 2.64. The summed E-state index contributed by atoms with van der Waals surface area (Å²) < 4.78 is 9.68. The van der Waals surface area contributed by atoms with Crippen LogP contribution in [-0.4, -0.2) is 36.6 Å². The van der Waals surface area contributed by atoms with Gasteiger partial charge < -0.3 is 14.8 Å². The van der Waals surface area contributed by atoms with Gasteiger partial charge in [-0.15, -0.1) is 0 Å². The number of ether oxygens (including phenoxy) is 2. The van der Waals surface area contributed by atoms with E-state index in [4.69, 9.17) is 9.47 Å². The number of carbonyl (C=O) groups excluding carboxylic acids is 2. The molecule has 110 valence electrons. The second kappa shape index (κ2) is 6.88. The van der Waals surface area contributed by atoms with Crippen LogP contribution in [-0.2, 0) is 9.53 Å². The fourth-order valence-corrected chi connectivity index (χ4v) is 1.90. The number of hydrogen-bond acceptors (Lipinski definition) is 5. The summed E-state index contributed by atoms with van der Waals surface area (Å²) in [5.41, 5.74) is -0.683. The fraction of sp³-hybridized carbons (Fsp3) is 0.500. The molecule has 0 saturated carbocycles. The van der Waals surface area contributed by atoms with Gasteiger partial charge in [-0.2, -0.15) is 0 Å². The smallest absolute Gasteiger partial charge is 0.331 e. The average Bonchev–Trinajstić information content (AvgIpc) is 2.46. The molecule has 1 atom stereocenters. The van der Waals surface area contributed by atoms with Crippen molar-refractivity contribution < 1.29 is 19.1 Å². The Balaban J connectivity index is 2.87. The number of carbonyl (C=O) groups is 2. The SMILES string of the molecule is CCCC(C)(NC(=O)c1ccc(OC)nc1)C(=O)OC. The van der Waals surface area contributed by atoms with Crippen LogP contribution in [0.15, 0.2) is 18.3 Å². The van der Waals surface area contributed by atoms with Crippen LogP contribution in [0.2, 0.25) is 0 Å². The third kappa shape index (κ3) is 3.69. The fourth-order valence-electron chi connectivity index (χ4n) is 1.90. The van der Waals surface area contributed by atoms with Crippen molar-refractivity contribution in [2.45, 2.75) is 32.2 Å². The lowest BCUT2D eigenvalue weighted by molar-refractivity contribution is -0.147. The molecule has 0 spiro atoms. The molecule has 1 aromatic heterocycles. The molecule has 0 aliphatic rings. The van der Waals surface area contributed by atoms with Gasteiger partial charge in [-0.05, 0) is 19.4 Å². The van der Waals surface area contributed by atoms with E-state index in [1.54, 1.807) is 19.1 Å². The summed E-state index contributed by atoms with van der Waals surface area (Å²) in [6, 6.07) is 3.18. The Hall–Kier alpha value is -2.11. The number of methoxy groups -OCH3 is 2. The van der Waals surface area contributed by atoms with E-state index in [1.807, 2.05) is 6.92 Å². The predicted molar refractivity (Wildman–Crippen MR) is 73.6 cm³/mol. The number of nitrogens with one attached hydrogen (secondary N) is 1. The normalized spacial score (nSPS) is 13.2. The summed E-state index contributed by atoms with van der Waals surface area (Å²) in [5, 5.41) is 2.70. The van der Waals surface area contributed by atoms with Crippen molar-refractivity contribution in [3.8, 4) is 5.88 Å². The van der Waals surface area contributed by atoms with Crippen molar-refractivity contribution in [1.82, 2.24) is 10.3 Å². The number of esters is 1. The van der Waals surface area contributed by atoms with Crippen molar-refractivity contribution in [2.75, 3.05) is 14.2 Å². The maximum atomic E-state index is 12.2. The van der Waals surface area contributed by atoms with Crippen molar-refractivity contribution in [3.63, 3.8) is 0 Å². The third-order valence-corrected chi connectivity index (χ3v) is 2.98. The van der Waals surface area contributed by atoms with Crippen LogP contribution in [0, 0.1) is 0 Å². The lowest BCUT2D eigenvalue weighted by Gasteiger charge is -2.27. The van der Waals surface area contributed by atoms with Gasteiger partial charge in [0.1, 0.15) is 5.54 Å². The molecule has 1 amide bonds. The molecule has 0 aliphatic carbocycles. The monoisotopic (exact) mass is 280 g/mol. The molecule has 0 radical (unpaired) electrons. The van der Waals surface area contributed by atoms with Crippen LogP contribution in [0.1, 0.15) is 37.0 Å². The first-order chi connectivity index (χ1) is 9.46. The Kier molecular flexibility index (Phi) is 5.49. The molecule has 0 bridgehead atoms. The molecule has 0 aliphatic heterocycles. The van der Waals surface area contributed by atoms with Gasteiger partial charge in [0, 0.05) is 12.3 Å². The quantitative estimate of drug-likeness (QED) is 0.800. The van der Waals surface area contributed by atoms with Crippen LogP contribution < -0.4 is 10.1 Å². The third-order valence-electron chi connectivity index (χ3n) is 2.98. The van der Waals surface area contributed by atoms with E-state index < -0.39 is 11.5 Å². The van der Waals surface area contributed by atoms with Crippen molar-refractivity contribution >= 4 is 11.9 Å². The van der Waals surface area contributed by atoms with E-state index in [2.05, 4.69) is 10.3 Å². The summed E-state index contributed by atoms with van der Waals surface area (Å²) >= 11 is 0. The Bertz CT molecular complexity index is 473. The first kappa shape index (κ1) is 15.9. The highest BCUT2D eigenvalue weighted by Crippen LogP contribution is 2.16. The standard InChI is InChI=1S/C14H20N2O4/c1-5-8-14(2,13(18)20-4)16-12(17)10-6-7-11(19-3)15-9-10/h6-7,9H,5,8H2,1-4H3,(H,16,17). The van der Waals surface area contributed by atoms with Gasteiger partial charge in [0.05, 0.1) is 19.8 Å². The minimum absolute atomic E-state index is 0.358. The first-order valence-corrected chi connectivity index (χ1v) is 6.37. The Morgan fingerprint density at radius 1 is 1.35 bits per heavy atom. The topological polar surface area (TPSA) is 77.5 Å². The van der Waals surface area contributed by atoms with Crippen LogP contribution in [0.5, 0.6) is 5.88 Å². The number of pyridine rings is 1. The largest absolute Gasteiger partial charge is 0.481 e. The van der Waals surface area contributed by atoms with Crippen molar-refractivity contribution in [3.05, 3.63) is 23.9 Å². The minimum atomic E-state index is -1.04. The average molecular weight is 280 g/mol. The first-order valence-electron chi connectivity index (χ1n) is 6.37. The zero-order valence-electron chi connectivity index (χ0n) is 12.2. The highest BCUT2D eigenvalue weighted by atomic mass is 16.5. The van der Waals surface area contributed by atoms with Gasteiger partial charge in [0.2, 0.25) is 5.88 Å². The van der Waals surface area contributed by atoms with Gasteiger partial charge >= 0.3 is 5.97 Å². The van der Waals surface area contributed by atoms with Crippen LogP contribution in [0.3, 0.4) is 0 Å². The summed E-state index contributed by atoms with van der Waals surface area (Å²) in [4.78, 5) is 27.9. The molecule has 1 N–H and O–H groups in total. The van der Waals surface area contributed by atoms with E-state index in [-0.39, 0.29) is 5.91 Å². The molecule has 1 aromatic rings. The van der Waals surface area contributed by atoms with Gasteiger partial charge in [-0.3, -0.25) is 4.79 Å². The number of nitrogens with zero attached hydrogens (tertiary/aromatic N) is 1. The van der Waals surface area contributed by atoms with E-state index in [0.717, 1.165) is 6.42 Å². The lowest BCUT2D eigenvalue weighted by Crippen LogP contribution is -2.52. The molecule has 1 heterocycles. The predicted octanol–water partition coefficient (Wildman–Crippen LogP) is 1.55. The van der Waals surface area contributed by atoms with Crippen molar-refractivity contribution in [2.24, 2.45) is 0 Å².